The van der Waals surface area contributed by atoms with Crippen molar-refractivity contribution in [3.8, 4) is 0 Å². The fourth-order valence-corrected chi connectivity index (χ4v) is 3.31. The van der Waals surface area contributed by atoms with Gasteiger partial charge in [-0.3, -0.25) is 4.79 Å². The Morgan fingerprint density at radius 3 is 2.42 bits per heavy atom. The molecule has 3 nitrogen and oxygen atoms in total. The number of benzene rings is 1. The maximum Gasteiger partial charge on any atom is 0.308 e. The van der Waals surface area contributed by atoms with Crippen LogP contribution in [0.1, 0.15) is 32.3 Å². The lowest BCUT2D eigenvalue weighted by Crippen LogP contribution is -1.99. The third-order valence-corrected chi connectivity index (χ3v) is 4.04. The van der Waals surface area contributed by atoms with Gasteiger partial charge in [0, 0.05) is 11.3 Å². The highest BCUT2D eigenvalue weighted by molar-refractivity contribution is 7.11. The Balaban J connectivity index is 2.21. The van der Waals surface area contributed by atoms with E-state index in [9.17, 15) is 4.79 Å². The van der Waals surface area contributed by atoms with Gasteiger partial charge in [-0.1, -0.05) is 29.3 Å². The zero-order chi connectivity index (χ0) is 14.0. The summed E-state index contributed by atoms with van der Waals surface area (Å²) in [6.45, 7) is 6.04. The standard InChI is InChI=1S/C15H17NO2S/c1-9-4-10(2)6-12(5-9)7-14-16-11(3)13(19-14)8-15(17)18/h4-6H,7-8H2,1-3H3,(H,17,18). The summed E-state index contributed by atoms with van der Waals surface area (Å²) in [5.74, 6) is -0.801. The number of hydrogen-bond donors (Lipinski definition) is 1. The van der Waals surface area contributed by atoms with E-state index in [1.54, 1.807) is 0 Å². The fourth-order valence-electron chi connectivity index (χ4n) is 2.21. The summed E-state index contributed by atoms with van der Waals surface area (Å²) >= 11 is 1.50. The highest BCUT2D eigenvalue weighted by Gasteiger charge is 2.11. The van der Waals surface area contributed by atoms with Crippen LogP contribution in [0.25, 0.3) is 0 Å². The van der Waals surface area contributed by atoms with Gasteiger partial charge in [0.05, 0.1) is 17.1 Å². The second-order valence-corrected chi connectivity index (χ2v) is 6.03. The highest BCUT2D eigenvalue weighted by atomic mass is 32.1. The van der Waals surface area contributed by atoms with Crippen molar-refractivity contribution in [2.24, 2.45) is 0 Å². The topological polar surface area (TPSA) is 50.2 Å². The maximum absolute atomic E-state index is 10.8. The summed E-state index contributed by atoms with van der Waals surface area (Å²) in [6, 6.07) is 6.45. The van der Waals surface area contributed by atoms with Crippen molar-refractivity contribution < 1.29 is 9.90 Å². The Bertz CT molecular complexity index is 596. The molecule has 0 radical (unpaired) electrons. The lowest BCUT2D eigenvalue weighted by Gasteiger charge is -2.02. The van der Waals surface area contributed by atoms with Gasteiger partial charge in [-0.2, -0.15) is 0 Å². The highest BCUT2D eigenvalue weighted by Crippen LogP contribution is 2.22. The van der Waals surface area contributed by atoms with Gasteiger partial charge in [-0.15, -0.1) is 11.3 Å². The van der Waals surface area contributed by atoms with E-state index in [2.05, 4.69) is 37.0 Å². The van der Waals surface area contributed by atoms with Gasteiger partial charge in [-0.25, -0.2) is 4.98 Å². The van der Waals surface area contributed by atoms with Crippen LogP contribution in [0.3, 0.4) is 0 Å². The third kappa shape index (κ3) is 3.64. The van der Waals surface area contributed by atoms with Gasteiger partial charge < -0.3 is 5.11 Å². The number of carbonyl (C=O) groups is 1. The van der Waals surface area contributed by atoms with Crippen molar-refractivity contribution in [3.63, 3.8) is 0 Å². The van der Waals surface area contributed by atoms with Crippen molar-refractivity contribution in [1.82, 2.24) is 4.98 Å². The summed E-state index contributed by atoms with van der Waals surface area (Å²) in [6.07, 6.45) is 0.837. The molecule has 0 unspecified atom stereocenters. The van der Waals surface area contributed by atoms with Crippen molar-refractivity contribution in [3.05, 3.63) is 50.5 Å². The lowest BCUT2D eigenvalue weighted by atomic mass is 10.1. The molecule has 0 aliphatic carbocycles. The molecule has 1 aromatic heterocycles. The molecule has 0 saturated carbocycles. The summed E-state index contributed by atoms with van der Waals surface area (Å²) < 4.78 is 0. The van der Waals surface area contributed by atoms with Gasteiger partial charge >= 0.3 is 5.97 Å². The predicted octanol–water partition coefficient (Wildman–Crippen LogP) is 3.29. The van der Waals surface area contributed by atoms with Crippen LogP contribution in [-0.4, -0.2) is 16.1 Å². The molecule has 0 spiro atoms. The Hall–Kier alpha value is -1.68. The van der Waals surface area contributed by atoms with E-state index in [0.717, 1.165) is 22.0 Å². The molecule has 0 aliphatic rings. The van der Waals surface area contributed by atoms with E-state index in [1.807, 2.05) is 6.92 Å². The molecule has 2 aromatic rings. The monoisotopic (exact) mass is 275 g/mol. The van der Waals surface area contributed by atoms with E-state index >= 15 is 0 Å². The van der Waals surface area contributed by atoms with Crippen LogP contribution in [-0.2, 0) is 17.6 Å². The second kappa shape index (κ2) is 5.53. The number of rotatable bonds is 4. The number of aryl methyl sites for hydroxylation is 3. The first-order valence-electron chi connectivity index (χ1n) is 6.18. The number of thiazole rings is 1. The summed E-state index contributed by atoms with van der Waals surface area (Å²) in [5, 5.41) is 9.83. The summed E-state index contributed by atoms with van der Waals surface area (Å²) in [7, 11) is 0. The molecule has 2 rings (SSSR count). The molecule has 0 fully saturated rings. The number of carboxylic acids is 1. The van der Waals surface area contributed by atoms with Gasteiger partial charge in [-0.05, 0) is 26.3 Å². The first kappa shape index (κ1) is 13.7. The zero-order valence-electron chi connectivity index (χ0n) is 11.4. The van der Waals surface area contributed by atoms with Gasteiger partial charge in [0.1, 0.15) is 0 Å². The molecule has 1 heterocycles. The minimum Gasteiger partial charge on any atom is -0.481 e. The molecule has 4 heteroatoms. The van der Waals surface area contributed by atoms with Crippen molar-refractivity contribution in [2.45, 2.75) is 33.6 Å². The molecule has 1 aromatic carbocycles. The summed E-state index contributed by atoms with van der Waals surface area (Å²) in [5.41, 5.74) is 4.56. The largest absolute Gasteiger partial charge is 0.481 e. The Morgan fingerprint density at radius 1 is 1.21 bits per heavy atom. The van der Waals surface area contributed by atoms with Crippen molar-refractivity contribution in [1.29, 1.82) is 0 Å². The Kier molecular flexibility index (Phi) is 4.00. The number of nitrogens with zero attached hydrogens (tertiary/aromatic N) is 1. The van der Waals surface area contributed by atoms with Crippen LogP contribution < -0.4 is 0 Å². The third-order valence-electron chi connectivity index (χ3n) is 2.89. The van der Waals surface area contributed by atoms with Crippen LogP contribution in [0.15, 0.2) is 18.2 Å². The second-order valence-electron chi connectivity index (χ2n) is 4.86. The van der Waals surface area contributed by atoms with Crippen LogP contribution in [0.5, 0.6) is 0 Å². The van der Waals surface area contributed by atoms with Crippen molar-refractivity contribution >= 4 is 17.3 Å². The zero-order valence-corrected chi connectivity index (χ0v) is 12.2. The van der Waals surface area contributed by atoms with Gasteiger partial charge in [0.2, 0.25) is 0 Å². The molecule has 100 valence electrons. The Morgan fingerprint density at radius 2 is 1.84 bits per heavy atom. The van der Waals surface area contributed by atoms with Gasteiger partial charge in [0.15, 0.2) is 0 Å². The van der Waals surface area contributed by atoms with Gasteiger partial charge in [0.25, 0.3) is 0 Å². The van der Waals surface area contributed by atoms with E-state index in [4.69, 9.17) is 5.11 Å². The van der Waals surface area contributed by atoms with E-state index in [-0.39, 0.29) is 6.42 Å². The first-order valence-corrected chi connectivity index (χ1v) is 7.00. The van der Waals surface area contributed by atoms with Crippen LogP contribution in [0.4, 0.5) is 0 Å². The number of carboxylic acid groups (broad SMARTS) is 1. The van der Waals surface area contributed by atoms with Crippen LogP contribution >= 0.6 is 11.3 Å². The van der Waals surface area contributed by atoms with Crippen molar-refractivity contribution in [2.75, 3.05) is 0 Å². The SMILES string of the molecule is Cc1cc(C)cc(Cc2nc(C)c(CC(=O)O)s2)c1. The summed E-state index contributed by atoms with van der Waals surface area (Å²) in [4.78, 5) is 16.1. The lowest BCUT2D eigenvalue weighted by molar-refractivity contribution is -0.136. The minimum absolute atomic E-state index is 0.0658. The molecule has 0 atom stereocenters. The fraction of sp³-hybridized carbons (Fsp3) is 0.333. The van der Waals surface area contributed by atoms with Crippen LogP contribution in [0, 0.1) is 20.8 Å². The number of aromatic nitrogens is 1. The molecule has 19 heavy (non-hydrogen) atoms. The maximum atomic E-state index is 10.8. The molecule has 0 bridgehead atoms. The molecule has 0 amide bonds. The molecule has 0 aliphatic heterocycles. The Labute approximate surface area is 116 Å². The normalized spacial score (nSPS) is 10.7. The molecule has 0 saturated heterocycles. The molecular formula is C15H17NO2S. The van der Waals surface area contributed by atoms with E-state index in [1.165, 1.54) is 28.0 Å². The molecule has 1 N–H and O–H groups in total. The molecular weight excluding hydrogens is 258 g/mol. The van der Waals surface area contributed by atoms with E-state index in [0.29, 0.717) is 0 Å². The average Bonchev–Trinajstić information content (AvgIpc) is 2.56. The first-order chi connectivity index (χ1) is 8.94. The quantitative estimate of drug-likeness (QED) is 0.931. The number of aliphatic carboxylic acids is 1. The minimum atomic E-state index is -0.801. The predicted molar refractivity (Wildman–Crippen MR) is 76.9 cm³/mol. The average molecular weight is 275 g/mol. The smallest absolute Gasteiger partial charge is 0.308 e. The van der Waals surface area contributed by atoms with E-state index < -0.39 is 5.97 Å². The van der Waals surface area contributed by atoms with Crippen LogP contribution in [0.2, 0.25) is 0 Å². The number of hydrogen-bond acceptors (Lipinski definition) is 3.